The second-order valence-corrected chi connectivity index (χ2v) is 5.33. The third-order valence-corrected chi connectivity index (χ3v) is 2.97. The van der Waals surface area contributed by atoms with Gasteiger partial charge in [0.25, 0.3) is 0 Å². The Kier molecular flexibility index (Phi) is 4.61. The van der Waals surface area contributed by atoms with Crippen molar-refractivity contribution < 1.29 is 18.3 Å². The predicted octanol–water partition coefficient (Wildman–Crippen LogP) is 4.09. The summed E-state index contributed by atoms with van der Waals surface area (Å²) in [5.41, 5.74) is -0.510. The molecule has 0 fully saturated rings. The van der Waals surface area contributed by atoms with E-state index in [2.05, 4.69) is 15.9 Å². The quantitative estimate of drug-likeness (QED) is 0.888. The number of halogens is 4. The molecule has 0 bridgehead atoms. The Hall–Kier alpha value is -0.550. The highest BCUT2D eigenvalue weighted by Crippen LogP contribution is 2.28. The molecule has 1 nitrogen and oxygen atoms in total. The van der Waals surface area contributed by atoms with Crippen molar-refractivity contribution in [2.75, 3.05) is 0 Å². The number of hydrogen-bond acceptors (Lipinski definition) is 1. The van der Waals surface area contributed by atoms with Crippen LogP contribution in [0, 0.1) is 0 Å². The zero-order valence-corrected chi connectivity index (χ0v) is 11.0. The molecule has 0 aliphatic carbocycles. The lowest BCUT2D eigenvalue weighted by atomic mass is 9.92. The zero-order chi connectivity index (χ0) is 13.1. The molecule has 1 aromatic carbocycles. The van der Waals surface area contributed by atoms with Gasteiger partial charge in [0.15, 0.2) is 0 Å². The lowest BCUT2D eigenvalue weighted by molar-refractivity contribution is -0.145. The van der Waals surface area contributed by atoms with Crippen LogP contribution in [-0.2, 0) is 6.42 Å². The van der Waals surface area contributed by atoms with Crippen molar-refractivity contribution >= 4 is 15.9 Å². The topological polar surface area (TPSA) is 20.2 Å². The van der Waals surface area contributed by atoms with Gasteiger partial charge in [0.2, 0.25) is 0 Å². The van der Waals surface area contributed by atoms with Gasteiger partial charge in [-0.2, -0.15) is 13.2 Å². The third-order valence-electron chi connectivity index (χ3n) is 2.45. The summed E-state index contributed by atoms with van der Waals surface area (Å²) >= 11 is 3.27. The van der Waals surface area contributed by atoms with Gasteiger partial charge in [0, 0.05) is 17.3 Å². The summed E-state index contributed by atoms with van der Waals surface area (Å²) in [4.78, 5) is 0. The Morgan fingerprint density at radius 2 is 1.65 bits per heavy atom. The SMILES string of the molecule is CC(O)(CCC(F)(F)F)Cc1ccc(Br)cc1. The van der Waals surface area contributed by atoms with Gasteiger partial charge in [-0.1, -0.05) is 28.1 Å². The minimum Gasteiger partial charge on any atom is -0.390 e. The molecule has 0 aromatic heterocycles. The fourth-order valence-corrected chi connectivity index (χ4v) is 1.81. The Balaban J connectivity index is 2.57. The van der Waals surface area contributed by atoms with E-state index in [1.54, 1.807) is 24.3 Å². The minimum atomic E-state index is -4.22. The number of benzene rings is 1. The summed E-state index contributed by atoms with van der Waals surface area (Å²) in [7, 11) is 0. The average Bonchev–Trinajstić information content (AvgIpc) is 2.18. The maximum Gasteiger partial charge on any atom is 0.389 e. The van der Waals surface area contributed by atoms with Gasteiger partial charge in [-0.15, -0.1) is 0 Å². The van der Waals surface area contributed by atoms with E-state index >= 15 is 0 Å². The summed E-state index contributed by atoms with van der Waals surface area (Å²) in [6.45, 7) is 1.43. The van der Waals surface area contributed by atoms with Crippen LogP contribution < -0.4 is 0 Å². The van der Waals surface area contributed by atoms with E-state index in [0.29, 0.717) is 0 Å². The molecule has 0 aliphatic rings. The summed E-state index contributed by atoms with van der Waals surface area (Å²) in [5.74, 6) is 0. The molecule has 0 aliphatic heterocycles. The lowest BCUT2D eigenvalue weighted by Gasteiger charge is -2.24. The van der Waals surface area contributed by atoms with E-state index in [4.69, 9.17) is 0 Å². The number of rotatable bonds is 4. The molecule has 0 saturated heterocycles. The van der Waals surface area contributed by atoms with Gasteiger partial charge < -0.3 is 5.11 Å². The second kappa shape index (κ2) is 5.40. The van der Waals surface area contributed by atoms with Gasteiger partial charge in [0.05, 0.1) is 5.60 Å². The van der Waals surface area contributed by atoms with Gasteiger partial charge in [-0.3, -0.25) is 0 Å². The third kappa shape index (κ3) is 6.07. The summed E-state index contributed by atoms with van der Waals surface area (Å²) in [6, 6.07) is 7.17. The van der Waals surface area contributed by atoms with Crippen molar-refractivity contribution in [1.29, 1.82) is 0 Å². The predicted molar refractivity (Wildman–Crippen MR) is 63.8 cm³/mol. The van der Waals surface area contributed by atoms with Crippen molar-refractivity contribution in [3.8, 4) is 0 Å². The van der Waals surface area contributed by atoms with E-state index in [-0.39, 0.29) is 12.8 Å². The van der Waals surface area contributed by atoms with Crippen LogP contribution in [0.25, 0.3) is 0 Å². The smallest absolute Gasteiger partial charge is 0.389 e. The van der Waals surface area contributed by atoms with Crippen LogP contribution in [0.4, 0.5) is 13.2 Å². The summed E-state index contributed by atoms with van der Waals surface area (Å²) in [6.07, 6.45) is -5.25. The average molecular weight is 311 g/mol. The highest BCUT2D eigenvalue weighted by atomic mass is 79.9. The maximum absolute atomic E-state index is 12.1. The van der Waals surface area contributed by atoms with Crippen molar-refractivity contribution in [3.05, 3.63) is 34.3 Å². The highest BCUT2D eigenvalue weighted by Gasteiger charge is 2.32. The minimum absolute atomic E-state index is 0.219. The fourth-order valence-electron chi connectivity index (χ4n) is 1.54. The molecule has 17 heavy (non-hydrogen) atoms. The zero-order valence-electron chi connectivity index (χ0n) is 9.39. The van der Waals surface area contributed by atoms with Crippen molar-refractivity contribution in [1.82, 2.24) is 0 Å². The van der Waals surface area contributed by atoms with Crippen LogP contribution in [0.2, 0.25) is 0 Å². The first-order chi connectivity index (χ1) is 7.68. The van der Waals surface area contributed by atoms with Gasteiger partial charge in [-0.25, -0.2) is 0 Å². The highest BCUT2D eigenvalue weighted by molar-refractivity contribution is 9.10. The Morgan fingerprint density at radius 3 is 2.12 bits per heavy atom. The first-order valence-corrected chi connectivity index (χ1v) is 6.01. The second-order valence-electron chi connectivity index (χ2n) is 4.42. The van der Waals surface area contributed by atoms with Crippen LogP contribution in [0.1, 0.15) is 25.3 Å². The van der Waals surface area contributed by atoms with Crippen LogP contribution >= 0.6 is 15.9 Å². The molecule has 0 heterocycles. The van der Waals surface area contributed by atoms with Crippen LogP contribution in [0.15, 0.2) is 28.7 Å². The molecule has 0 saturated carbocycles. The monoisotopic (exact) mass is 310 g/mol. The Labute approximate surface area is 107 Å². The molecule has 1 rings (SSSR count). The summed E-state index contributed by atoms with van der Waals surface area (Å²) in [5, 5.41) is 9.89. The number of hydrogen-bond donors (Lipinski definition) is 1. The first-order valence-electron chi connectivity index (χ1n) is 5.22. The molecule has 0 amide bonds. The number of alkyl halides is 3. The fraction of sp³-hybridized carbons (Fsp3) is 0.500. The van der Waals surface area contributed by atoms with E-state index in [1.807, 2.05) is 0 Å². The maximum atomic E-state index is 12.1. The molecular weight excluding hydrogens is 297 g/mol. The van der Waals surface area contributed by atoms with E-state index in [1.165, 1.54) is 6.92 Å². The molecule has 0 radical (unpaired) electrons. The standard InChI is InChI=1S/C12H14BrF3O/c1-11(17,6-7-12(14,15)16)8-9-2-4-10(13)5-3-9/h2-5,17H,6-8H2,1H3. The van der Waals surface area contributed by atoms with Crippen LogP contribution in [0.3, 0.4) is 0 Å². The lowest BCUT2D eigenvalue weighted by Crippen LogP contribution is -2.29. The van der Waals surface area contributed by atoms with Crippen molar-refractivity contribution in [3.63, 3.8) is 0 Å². The van der Waals surface area contributed by atoms with Gasteiger partial charge in [-0.05, 0) is 31.0 Å². The first kappa shape index (κ1) is 14.5. The van der Waals surface area contributed by atoms with Crippen LogP contribution in [0.5, 0.6) is 0 Å². The molecule has 1 aromatic rings. The number of aliphatic hydroxyl groups is 1. The Bertz CT molecular complexity index is 357. The molecular formula is C12H14BrF3O. The van der Waals surface area contributed by atoms with Crippen LogP contribution in [-0.4, -0.2) is 16.9 Å². The van der Waals surface area contributed by atoms with Crippen molar-refractivity contribution in [2.24, 2.45) is 0 Å². The normalized spacial score (nSPS) is 15.6. The molecule has 1 unspecified atom stereocenters. The molecule has 5 heteroatoms. The van der Waals surface area contributed by atoms with E-state index < -0.39 is 18.2 Å². The van der Waals surface area contributed by atoms with Gasteiger partial charge >= 0.3 is 6.18 Å². The van der Waals surface area contributed by atoms with E-state index in [0.717, 1.165) is 10.0 Å². The molecule has 1 atom stereocenters. The largest absolute Gasteiger partial charge is 0.390 e. The van der Waals surface area contributed by atoms with Crippen molar-refractivity contribution in [2.45, 2.75) is 38.0 Å². The molecule has 0 spiro atoms. The Morgan fingerprint density at radius 1 is 1.12 bits per heavy atom. The molecule has 1 N–H and O–H groups in total. The molecule has 96 valence electrons. The van der Waals surface area contributed by atoms with Gasteiger partial charge in [0.1, 0.15) is 0 Å². The van der Waals surface area contributed by atoms with E-state index in [9.17, 15) is 18.3 Å². The summed E-state index contributed by atoms with van der Waals surface area (Å²) < 4.78 is 37.1.